The number of nitrogens with zero attached hydrogens (tertiary/aromatic N) is 4. The number of aromatic nitrogens is 3. The SMILES string of the molecule is COc1ccc(-c2nc3cnccn3c2Nc2ccc3c(c2)CCC3N=O)c(C)c1. The number of nitrogens with one attached hydrogen (secondary N) is 1. The second-order valence-corrected chi connectivity index (χ2v) is 7.49. The van der Waals surface area contributed by atoms with Gasteiger partial charge in [0.2, 0.25) is 0 Å². The number of hydrogen-bond donors (Lipinski definition) is 1. The van der Waals surface area contributed by atoms with Crippen molar-refractivity contribution >= 4 is 17.2 Å². The van der Waals surface area contributed by atoms with Crippen molar-refractivity contribution in [3.63, 3.8) is 0 Å². The van der Waals surface area contributed by atoms with E-state index in [1.165, 1.54) is 5.56 Å². The Kier molecular flexibility index (Phi) is 4.43. The van der Waals surface area contributed by atoms with Crippen LogP contribution in [0.4, 0.5) is 11.5 Å². The van der Waals surface area contributed by atoms with Crippen molar-refractivity contribution in [3.05, 3.63) is 76.6 Å². The number of benzene rings is 2. The second kappa shape index (κ2) is 7.26. The quantitative estimate of drug-likeness (QED) is 0.466. The van der Waals surface area contributed by atoms with Crippen LogP contribution in [0.1, 0.15) is 29.2 Å². The number of ether oxygens (including phenoxy) is 1. The first-order valence-electron chi connectivity index (χ1n) is 9.87. The number of anilines is 2. The van der Waals surface area contributed by atoms with Gasteiger partial charge in [-0.2, -0.15) is 4.91 Å². The fraction of sp³-hybridized carbons (Fsp3) is 0.217. The molecule has 7 nitrogen and oxygen atoms in total. The van der Waals surface area contributed by atoms with E-state index in [0.717, 1.165) is 58.1 Å². The summed E-state index contributed by atoms with van der Waals surface area (Å²) >= 11 is 0. The Balaban J connectivity index is 1.61. The van der Waals surface area contributed by atoms with Crippen LogP contribution in [0.15, 0.2) is 60.2 Å². The lowest BCUT2D eigenvalue weighted by atomic mass is 10.0. The van der Waals surface area contributed by atoms with Crippen LogP contribution in [0.3, 0.4) is 0 Å². The topological polar surface area (TPSA) is 80.9 Å². The van der Waals surface area contributed by atoms with E-state index in [2.05, 4.69) is 21.5 Å². The van der Waals surface area contributed by atoms with E-state index < -0.39 is 0 Å². The van der Waals surface area contributed by atoms with Crippen LogP contribution < -0.4 is 10.1 Å². The minimum atomic E-state index is -0.228. The number of aryl methyl sites for hydroxylation is 2. The predicted molar refractivity (Wildman–Crippen MR) is 116 cm³/mol. The lowest BCUT2D eigenvalue weighted by Crippen LogP contribution is -1.99. The lowest BCUT2D eigenvalue weighted by molar-refractivity contribution is 0.414. The summed E-state index contributed by atoms with van der Waals surface area (Å²) in [5, 5.41) is 6.80. The summed E-state index contributed by atoms with van der Waals surface area (Å²) in [5.74, 6) is 1.68. The molecule has 5 rings (SSSR count). The summed E-state index contributed by atoms with van der Waals surface area (Å²) in [6.07, 6.45) is 7.03. The molecule has 1 unspecified atom stereocenters. The first-order chi connectivity index (χ1) is 14.7. The highest BCUT2D eigenvalue weighted by atomic mass is 16.5. The van der Waals surface area contributed by atoms with Crippen molar-refractivity contribution in [2.75, 3.05) is 12.4 Å². The molecular formula is C23H21N5O2. The normalized spacial score (nSPS) is 15.2. The fourth-order valence-electron chi connectivity index (χ4n) is 4.16. The zero-order valence-corrected chi connectivity index (χ0v) is 16.8. The van der Waals surface area contributed by atoms with E-state index in [1.54, 1.807) is 19.5 Å². The Morgan fingerprint density at radius 1 is 1.23 bits per heavy atom. The molecule has 0 aliphatic heterocycles. The summed E-state index contributed by atoms with van der Waals surface area (Å²) in [4.78, 5) is 20.1. The van der Waals surface area contributed by atoms with Gasteiger partial charge >= 0.3 is 0 Å². The lowest BCUT2D eigenvalue weighted by Gasteiger charge is -2.12. The molecule has 2 aromatic carbocycles. The molecule has 1 aliphatic carbocycles. The van der Waals surface area contributed by atoms with Gasteiger partial charge in [-0.3, -0.25) is 9.38 Å². The van der Waals surface area contributed by atoms with Gasteiger partial charge in [-0.25, -0.2) is 4.98 Å². The van der Waals surface area contributed by atoms with Crippen molar-refractivity contribution in [1.82, 2.24) is 14.4 Å². The Morgan fingerprint density at radius 3 is 2.93 bits per heavy atom. The number of nitroso groups, excluding NO2 is 1. The maximum atomic E-state index is 11.0. The third-order valence-electron chi connectivity index (χ3n) is 5.70. The average Bonchev–Trinajstić information content (AvgIpc) is 3.34. The molecule has 2 aromatic heterocycles. The molecular weight excluding hydrogens is 378 g/mol. The summed E-state index contributed by atoms with van der Waals surface area (Å²) in [5.41, 5.74) is 6.85. The van der Waals surface area contributed by atoms with Gasteiger partial charge in [0.25, 0.3) is 0 Å². The Bertz CT molecular complexity index is 1260. The molecule has 0 spiro atoms. The highest BCUT2D eigenvalue weighted by Crippen LogP contribution is 2.38. The first kappa shape index (κ1) is 18.3. The van der Waals surface area contributed by atoms with Crippen LogP contribution in [0.2, 0.25) is 0 Å². The molecule has 0 amide bonds. The van der Waals surface area contributed by atoms with Crippen LogP contribution >= 0.6 is 0 Å². The fourth-order valence-corrected chi connectivity index (χ4v) is 4.16. The molecule has 1 atom stereocenters. The van der Waals surface area contributed by atoms with Crippen LogP contribution in [0.5, 0.6) is 5.75 Å². The minimum absolute atomic E-state index is 0.228. The number of hydrogen-bond acceptors (Lipinski definition) is 6. The maximum Gasteiger partial charge on any atom is 0.157 e. The number of imidazole rings is 1. The van der Waals surface area contributed by atoms with E-state index >= 15 is 0 Å². The van der Waals surface area contributed by atoms with Gasteiger partial charge in [-0.15, -0.1) is 0 Å². The van der Waals surface area contributed by atoms with Crippen LogP contribution in [0, 0.1) is 11.8 Å². The van der Waals surface area contributed by atoms with Gasteiger partial charge in [0.1, 0.15) is 23.3 Å². The van der Waals surface area contributed by atoms with E-state index in [-0.39, 0.29) is 6.04 Å². The minimum Gasteiger partial charge on any atom is -0.497 e. The molecule has 150 valence electrons. The number of fused-ring (bicyclic) bond motifs is 2. The van der Waals surface area contributed by atoms with E-state index in [9.17, 15) is 4.91 Å². The van der Waals surface area contributed by atoms with Crippen molar-refractivity contribution < 1.29 is 4.74 Å². The molecule has 0 bridgehead atoms. The van der Waals surface area contributed by atoms with E-state index in [4.69, 9.17) is 9.72 Å². The van der Waals surface area contributed by atoms with Crippen molar-refractivity contribution in [2.45, 2.75) is 25.8 Å². The van der Waals surface area contributed by atoms with Gasteiger partial charge in [0, 0.05) is 23.6 Å². The van der Waals surface area contributed by atoms with Gasteiger partial charge in [0.15, 0.2) is 5.65 Å². The Labute approximate surface area is 173 Å². The third kappa shape index (κ3) is 2.99. The average molecular weight is 399 g/mol. The molecule has 4 aromatic rings. The first-order valence-corrected chi connectivity index (χ1v) is 9.87. The van der Waals surface area contributed by atoms with Crippen LogP contribution in [0.25, 0.3) is 16.9 Å². The zero-order valence-electron chi connectivity index (χ0n) is 16.8. The Hall–Kier alpha value is -3.74. The van der Waals surface area contributed by atoms with Crippen molar-refractivity contribution in [3.8, 4) is 17.0 Å². The zero-order chi connectivity index (χ0) is 20.7. The molecule has 0 saturated carbocycles. The van der Waals surface area contributed by atoms with E-state index in [1.807, 2.05) is 47.9 Å². The highest BCUT2D eigenvalue weighted by Gasteiger charge is 2.24. The molecule has 1 aliphatic rings. The molecule has 7 heteroatoms. The number of rotatable bonds is 5. The molecule has 0 fully saturated rings. The van der Waals surface area contributed by atoms with Crippen molar-refractivity contribution in [1.29, 1.82) is 0 Å². The monoisotopic (exact) mass is 399 g/mol. The summed E-state index contributed by atoms with van der Waals surface area (Å²) < 4.78 is 7.35. The van der Waals surface area contributed by atoms with Gasteiger partial charge < -0.3 is 10.1 Å². The second-order valence-electron chi connectivity index (χ2n) is 7.49. The van der Waals surface area contributed by atoms with Gasteiger partial charge in [0.05, 0.1) is 13.3 Å². The third-order valence-corrected chi connectivity index (χ3v) is 5.70. The smallest absolute Gasteiger partial charge is 0.157 e. The number of methoxy groups -OCH3 is 1. The van der Waals surface area contributed by atoms with Crippen LogP contribution in [-0.2, 0) is 6.42 Å². The van der Waals surface area contributed by atoms with Crippen molar-refractivity contribution in [2.24, 2.45) is 5.18 Å². The summed E-state index contributed by atoms with van der Waals surface area (Å²) in [7, 11) is 1.66. The molecule has 1 N–H and O–H groups in total. The van der Waals surface area contributed by atoms with Gasteiger partial charge in [-0.05, 0) is 66.8 Å². The molecule has 2 heterocycles. The maximum absolute atomic E-state index is 11.0. The Morgan fingerprint density at radius 2 is 2.13 bits per heavy atom. The van der Waals surface area contributed by atoms with E-state index in [0.29, 0.717) is 0 Å². The standard InChI is InChI=1S/C23H21N5O2/c1-14-11-17(30-2)5-7-18(14)22-23(28-10-9-24-13-21(28)26-22)25-16-4-6-19-15(12-16)3-8-20(19)27-29/h4-7,9-13,20,25H,3,8H2,1-2H3. The van der Waals surface area contributed by atoms with Crippen LogP contribution in [-0.4, -0.2) is 21.5 Å². The predicted octanol–water partition coefficient (Wildman–Crippen LogP) is 5.21. The molecule has 0 radical (unpaired) electrons. The highest BCUT2D eigenvalue weighted by molar-refractivity contribution is 5.81. The summed E-state index contributed by atoms with van der Waals surface area (Å²) in [6.45, 7) is 2.05. The molecule has 30 heavy (non-hydrogen) atoms. The largest absolute Gasteiger partial charge is 0.497 e. The summed E-state index contributed by atoms with van der Waals surface area (Å²) in [6, 6.07) is 11.8. The molecule has 0 saturated heterocycles. The van der Waals surface area contributed by atoms with Gasteiger partial charge in [-0.1, -0.05) is 11.2 Å².